The number of allylic oxidation sites excluding steroid dienone is 4. The van der Waals surface area contributed by atoms with Crippen LogP contribution in [-0.2, 0) is 0 Å². The van der Waals surface area contributed by atoms with Crippen LogP contribution < -0.4 is 0 Å². The maximum absolute atomic E-state index is 13.3. The molecule has 8 rings (SSSR count). The number of hydrogen-bond acceptors (Lipinski definition) is 4. The van der Waals surface area contributed by atoms with E-state index in [1.165, 1.54) is 129 Å². The molecule has 0 aliphatic heterocycles. The van der Waals surface area contributed by atoms with E-state index in [0.29, 0.717) is 0 Å². The number of nitrogens with zero attached hydrogens (tertiary/aromatic N) is 6. The zero-order chi connectivity index (χ0) is 65.7. The Labute approximate surface area is 561 Å². The van der Waals surface area contributed by atoms with Crippen molar-refractivity contribution < 1.29 is 35.1 Å². The zero-order valence-corrected chi connectivity index (χ0v) is 58.2. The summed E-state index contributed by atoms with van der Waals surface area (Å²) < 4.78 is 103. The Hall–Kier alpha value is -6.99. The van der Waals surface area contributed by atoms with Crippen LogP contribution in [0.3, 0.4) is 0 Å². The molecule has 0 saturated heterocycles. The molecule has 0 saturated carbocycles. The van der Waals surface area contributed by atoms with E-state index in [0.717, 1.165) is 45.6 Å². The maximum atomic E-state index is 13.3. The van der Waals surface area contributed by atoms with Crippen LogP contribution in [0.5, 0.6) is 0 Å². The molecule has 2 aromatic heterocycles. The van der Waals surface area contributed by atoms with Gasteiger partial charge in [-0.1, -0.05) is 206 Å². The first-order valence-corrected chi connectivity index (χ1v) is 29.0. The Bertz CT molecular complexity index is 3490. The number of halogens is 8. The molecule has 2 heterocycles. The summed E-state index contributed by atoms with van der Waals surface area (Å²) in [5, 5.41) is 9.64. The van der Waals surface area contributed by atoms with Crippen LogP contribution in [-0.4, -0.2) is 67.5 Å². The van der Waals surface area contributed by atoms with Gasteiger partial charge in [-0.05, 0) is 143 Å². The molecule has 0 aliphatic rings. The van der Waals surface area contributed by atoms with E-state index < -0.39 is 57.7 Å². The summed E-state index contributed by atoms with van der Waals surface area (Å²) in [5.41, 5.74) is 21.9. The van der Waals surface area contributed by atoms with Crippen molar-refractivity contribution in [1.82, 2.24) is 9.97 Å². The van der Waals surface area contributed by atoms with Crippen LogP contribution in [0.2, 0.25) is 0 Å². The van der Waals surface area contributed by atoms with Gasteiger partial charge < -0.3 is 20.6 Å². The molecule has 0 fully saturated rings. The number of aryl methyl sites for hydroxylation is 12. The summed E-state index contributed by atoms with van der Waals surface area (Å²) in [6.07, 6.45) is 12.3. The topological polar surface area (TPSA) is 78.7 Å². The summed E-state index contributed by atoms with van der Waals surface area (Å²) in [7, 11) is 0. The Morgan fingerprint density at radius 3 is 0.944 bits per heavy atom. The van der Waals surface area contributed by atoms with E-state index in [2.05, 4.69) is 168 Å². The third kappa shape index (κ3) is 23.7. The summed E-state index contributed by atoms with van der Waals surface area (Å²) in [4.78, 5) is 17.0. The van der Waals surface area contributed by atoms with Crippen molar-refractivity contribution in [2.75, 3.05) is 0 Å². The average molecular weight is 1250 g/mol. The minimum absolute atomic E-state index is 0. The predicted molar refractivity (Wildman–Crippen MR) is 360 cm³/mol. The molecule has 6 nitrogen and oxygen atoms in total. The molecule has 0 unspecified atom stereocenters. The Morgan fingerprint density at radius 2 is 0.689 bits per heavy atom. The molecular formula is C74H80F8Mg2N6. The van der Waals surface area contributed by atoms with Gasteiger partial charge in [-0.15, -0.1) is 11.4 Å². The van der Waals surface area contributed by atoms with Gasteiger partial charge in [0.25, 0.3) is 0 Å². The van der Waals surface area contributed by atoms with Crippen LogP contribution in [0.1, 0.15) is 134 Å². The van der Waals surface area contributed by atoms with Gasteiger partial charge in [-0.3, -0.25) is 27.5 Å². The van der Waals surface area contributed by atoms with E-state index in [-0.39, 0.29) is 57.5 Å². The second kappa shape index (κ2) is 38.0. The molecule has 8 aromatic rings. The molecular weight excluding hydrogens is 1170 g/mol. The second-order valence-electron chi connectivity index (χ2n) is 21.9. The minimum atomic E-state index is -1.88. The summed E-state index contributed by atoms with van der Waals surface area (Å²) in [5.74, 6) is -13.6. The molecule has 0 aliphatic carbocycles. The molecule has 0 amide bonds. The van der Waals surface area contributed by atoms with E-state index in [9.17, 15) is 35.1 Å². The zero-order valence-electron chi connectivity index (χ0n) is 55.3. The fourth-order valence-corrected chi connectivity index (χ4v) is 9.75. The van der Waals surface area contributed by atoms with Crippen LogP contribution in [0.4, 0.5) is 57.9 Å². The normalized spacial score (nSPS) is 11.3. The van der Waals surface area contributed by atoms with Crippen molar-refractivity contribution in [3.8, 4) is 22.5 Å². The third-order valence-electron chi connectivity index (χ3n) is 13.4. The fraction of sp³-hybridized carbons (Fsp3) is 0.297. The van der Waals surface area contributed by atoms with Crippen molar-refractivity contribution in [2.24, 2.45) is 9.98 Å². The SMILES string of the molecule is CC(/C=C(/C)[N-]c1c(C)cc(C)cc1C)=Nc1c(C)cc(C)cc1C.CC(/C=C(/C)[N-]c1c(C)cc(C)cc1C)=Nc1c(C)cc(C)cc1C.CCCCCC.Fc1[c-]c(-c2ccccn2)c(F)c(F)c1F.Fc1[c-]c(-c2ccccn2)c(F)c(F)c1F.[Mg+2].[Mg+2]. The maximum Gasteiger partial charge on any atom is 2.00 e. The standard InChI is InChI=1S/2C23H29N2.2C11H4F4N.C6H14.2Mg/c2*1-14-9-16(3)22(17(4)10-14)24-20(7)13-21(8)25-23-18(5)11-15(2)12-19(23)6;2*12-7-5-6(8-3-1-2-4-16-8)9(13)11(15)10(7)14;1-3-5-6-4-2;;/h2*9-13H,1-8H3;2*1-4H;3-6H2,1-2H3;;/q4*-1;;2*+2/b2*20-13-,25-21?;;;;;. The molecule has 0 atom stereocenters. The van der Waals surface area contributed by atoms with E-state index in [4.69, 9.17) is 20.6 Å². The monoisotopic (exact) mass is 1250 g/mol. The predicted octanol–water partition coefficient (Wildman–Crippen LogP) is 22.5. The van der Waals surface area contributed by atoms with Gasteiger partial charge in [-0.25, -0.2) is 17.6 Å². The van der Waals surface area contributed by atoms with Crippen LogP contribution in [0, 0.1) is 142 Å². The Kier molecular flexibility index (Phi) is 33.4. The summed E-state index contributed by atoms with van der Waals surface area (Å²) in [6, 6.07) is 29.8. The van der Waals surface area contributed by atoms with Gasteiger partial charge in [0.1, 0.15) is 23.3 Å². The smallest absolute Gasteiger partial charge is 0.661 e. The second-order valence-corrected chi connectivity index (χ2v) is 21.9. The van der Waals surface area contributed by atoms with Crippen LogP contribution >= 0.6 is 0 Å². The van der Waals surface area contributed by atoms with E-state index in [1.807, 2.05) is 27.7 Å². The van der Waals surface area contributed by atoms with Gasteiger partial charge in [-0.2, -0.15) is 11.4 Å². The Morgan fingerprint density at radius 1 is 0.411 bits per heavy atom. The van der Waals surface area contributed by atoms with Gasteiger partial charge in [0, 0.05) is 23.8 Å². The molecule has 0 spiro atoms. The molecule has 90 heavy (non-hydrogen) atoms. The Balaban J connectivity index is 0.000000400. The van der Waals surface area contributed by atoms with Gasteiger partial charge in [0.15, 0.2) is 0 Å². The number of pyridine rings is 2. The van der Waals surface area contributed by atoms with Gasteiger partial charge >= 0.3 is 46.1 Å². The van der Waals surface area contributed by atoms with Crippen molar-refractivity contribution in [2.45, 2.75) is 150 Å². The number of hydrogen-bond donors (Lipinski definition) is 0. The summed E-state index contributed by atoms with van der Waals surface area (Å²) in [6.45, 7) is 38.0. The van der Waals surface area contributed by atoms with E-state index >= 15 is 0 Å². The first kappa shape index (κ1) is 79.1. The molecule has 466 valence electrons. The van der Waals surface area contributed by atoms with Crippen molar-refractivity contribution >= 4 is 80.3 Å². The minimum Gasteiger partial charge on any atom is -0.661 e. The third-order valence-corrected chi connectivity index (χ3v) is 13.4. The van der Waals surface area contributed by atoms with Crippen molar-refractivity contribution in [3.63, 3.8) is 0 Å². The van der Waals surface area contributed by atoms with Crippen LogP contribution in [0.15, 0.2) is 131 Å². The average Bonchev–Trinajstić information content (AvgIpc) is 2.99. The summed E-state index contributed by atoms with van der Waals surface area (Å²) >= 11 is 0. The fourth-order valence-electron chi connectivity index (χ4n) is 9.75. The molecule has 16 heteroatoms. The first-order chi connectivity index (χ1) is 41.5. The number of aliphatic imine (C=N–C) groups is 2. The van der Waals surface area contributed by atoms with Crippen molar-refractivity contribution in [3.05, 3.63) is 257 Å². The number of aromatic nitrogens is 2. The van der Waals surface area contributed by atoms with Crippen molar-refractivity contribution in [1.29, 1.82) is 0 Å². The van der Waals surface area contributed by atoms with E-state index in [1.54, 1.807) is 24.3 Å². The molecule has 0 N–H and O–H groups in total. The number of rotatable bonds is 13. The molecule has 0 bridgehead atoms. The van der Waals surface area contributed by atoms with Gasteiger partial charge in [0.05, 0.1) is 34.6 Å². The van der Waals surface area contributed by atoms with Crippen LogP contribution in [0.25, 0.3) is 33.1 Å². The van der Waals surface area contributed by atoms with Gasteiger partial charge in [0.2, 0.25) is 0 Å². The molecule has 0 radical (unpaired) electrons. The number of unbranched alkanes of at least 4 members (excludes halogenated alkanes) is 3. The first-order valence-electron chi connectivity index (χ1n) is 29.0. The number of benzene rings is 6. The quantitative estimate of drug-likeness (QED) is 0.0219. The molecule has 6 aromatic carbocycles. The largest absolute Gasteiger partial charge is 2.00 e.